The lowest BCUT2D eigenvalue weighted by atomic mass is 10.2. The van der Waals surface area contributed by atoms with E-state index >= 15 is 0 Å². The van der Waals surface area contributed by atoms with Crippen LogP contribution in [-0.2, 0) is 0 Å². The number of unbranched alkanes of at least 4 members (excludes halogenated alkanes) is 2. The molecule has 0 spiro atoms. The van der Waals surface area contributed by atoms with Crippen molar-refractivity contribution >= 4 is 0 Å². The second-order valence-corrected chi connectivity index (χ2v) is 4.24. The van der Waals surface area contributed by atoms with Gasteiger partial charge in [0.2, 0.25) is 0 Å². The van der Waals surface area contributed by atoms with Crippen molar-refractivity contribution in [2.45, 2.75) is 58.5 Å². The molecule has 0 bridgehead atoms. The van der Waals surface area contributed by atoms with E-state index in [1.165, 1.54) is 25.7 Å². The second-order valence-electron chi connectivity index (χ2n) is 4.24. The van der Waals surface area contributed by atoms with E-state index in [0.717, 1.165) is 32.5 Å². The van der Waals surface area contributed by atoms with Gasteiger partial charge < -0.3 is 11.5 Å². The summed E-state index contributed by atoms with van der Waals surface area (Å²) >= 11 is 0. The first kappa shape index (κ1) is 14.9. The molecule has 92 valence electrons. The summed E-state index contributed by atoms with van der Waals surface area (Å²) < 4.78 is 0. The highest BCUT2D eigenvalue weighted by Crippen LogP contribution is 2.05. The van der Waals surface area contributed by atoms with Crippen molar-refractivity contribution in [1.29, 1.82) is 0 Å². The molecule has 1 unspecified atom stereocenters. The molecule has 3 nitrogen and oxygen atoms in total. The summed E-state index contributed by atoms with van der Waals surface area (Å²) in [6.07, 6.45) is 7.27. The fraction of sp³-hybridized carbons (Fsp3) is 1.00. The highest BCUT2D eigenvalue weighted by Gasteiger charge is 2.12. The molecule has 0 aliphatic carbocycles. The smallest absolute Gasteiger partial charge is 0.0572 e. The summed E-state index contributed by atoms with van der Waals surface area (Å²) in [5, 5.41) is 0. The van der Waals surface area contributed by atoms with Gasteiger partial charge in [-0.15, -0.1) is 0 Å². The van der Waals surface area contributed by atoms with E-state index in [1.54, 1.807) is 0 Å². The average Bonchev–Trinajstić information content (AvgIpc) is 2.26. The van der Waals surface area contributed by atoms with Crippen molar-refractivity contribution < 1.29 is 0 Å². The van der Waals surface area contributed by atoms with Gasteiger partial charge >= 0.3 is 0 Å². The third kappa shape index (κ3) is 7.77. The van der Waals surface area contributed by atoms with Gasteiger partial charge in [-0.05, 0) is 45.3 Å². The van der Waals surface area contributed by atoms with Crippen LogP contribution in [0.3, 0.4) is 0 Å². The summed E-state index contributed by atoms with van der Waals surface area (Å²) in [7, 11) is 0. The molecular weight excluding hydrogens is 186 g/mol. The predicted octanol–water partition coefficient (Wildman–Crippen LogP) is 1.91. The molecule has 0 saturated heterocycles. The fourth-order valence-corrected chi connectivity index (χ4v) is 1.68. The van der Waals surface area contributed by atoms with E-state index in [1.807, 2.05) is 0 Å². The van der Waals surface area contributed by atoms with E-state index in [4.69, 9.17) is 11.5 Å². The minimum absolute atomic E-state index is 0.214. The lowest BCUT2D eigenvalue weighted by molar-refractivity contribution is 0.183. The molecule has 0 aromatic rings. The maximum atomic E-state index is 6.16. The van der Waals surface area contributed by atoms with Gasteiger partial charge in [0.15, 0.2) is 0 Å². The van der Waals surface area contributed by atoms with E-state index in [0.29, 0.717) is 0 Å². The summed E-state index contributed by atoms with van der Waals surface area (Å²) in [4.78, 5) is 2.42. The van der Waals surface area contributed by atoms with Gasteiger partial charge in [-0.3, -0.25) is 4.90 Å². The van der Waals surface area contributed by atoms with Gasteiger partial charge in [0.05, 0.1) is 6.17 Å². The molecular formula is C12H29N3. The first-order valence-corrected chi connectivity index (χ1v) is 6.45. The standard InChI is InChI=1S/C12H29N3/c1-3-5-10-15(11-6-4-2)12(14)8-7-9-13/h12H,3-11,13-14H2,1-2H3. The Bertz CT molecular complexity index is 120. The SMILES string of the molecule is CCCCN(CCCC)C(N)CCCN. The first-order chi connectivity index (χ1) is 7.26. The van der Waals surface area contributed by atoms with Crippen LogP contribution in [0.25, 0.3) is 0 Å². The Hall–Kier alpha value is -0.120. The summed E-state index contributed by atoms with van der Waals surface area (Å²) in [6.45, 7) is 7.49. The fourth-order valence-electron chi connectivity index (χ4n) is 1.68. The van der Waals surface area contributed by atoms with Crippen LogP contribution >= 0.6 is 0 Å². The molecule has 0 aromatic carbocycles. The van der Waals surface area contributed by atoms with Crippen molar-refractivity contribution in [3.63, 3.8) is 0 Å². The van der Waals surface area contributed by atoms with Gasteiger partial charge in [0.25, 0.3) is 0 Å². The van der Waals surface area contributed by atoms with Gasteiger partial charge in [-0.2, -0.15) is 0 Å². The minimum atomic E-state index is 0.214. The topological polar surface area (TPSA) is 55.3 Å². The van der Waals surface area contributed by atoms with Crippen LogP contribution < -0.4 is 11.5 Å². The Morgan fingerprint density at radius 3 is 1.93 bits per heavy atom. The van der Waals surface area contributed by atoms with Crippen LogP contribution in [-0.4, -0.2) is 30.7 Å². The van der Waals surface area contributed by atoms with Crippen molar-refractivity contribution in [2.75, 3.05) is 19.6 Å². The van der Waals surface area contributed by atoms with Crippen LogP contribution in [0, 0.1) is 0 Å². The number of nitrogens with two attached hydrogens (primary N) is 2. The maximum absolute atomic E-state index is 6.16. The first-order valence-electron chi connectivity index (χ1n) is 6.45. The molecule has 0 aromatic heterocycles. The van der Waals surface area contributed by atoms with Crippen LogP contribution in [0.4, 0.5) is 0 Å². The molecule has 0 saturated carbocycles. The van der Waals surface area contributed by atoms with Crippen molar-refractivity contribution in [3.8, 4) is 0 Å². The normalized spacial score (nSPS) is 13.4. The monoisotopic (exact) mass is 215 g/mol. The van der Waals surface area contributed by atoms with Gasteiger partial charge in [-0.25, -0.2) is 0 Å². The third-order valence-electron chi connectivity index (χ3n) is 2.77. The molecule has 0 fully saturated rings. The summed E-state index contributed by atoms with van der Waals surface area (Å²) in [5.41, 5.74) is 11.7. The van der Waals surface area contributed by atoms with E-state index in [2.05, 4.69) is 18.7 Å². The lowest BCUT2D eigenvalue weighted by Gasteiger charge is -2.28. The molecule has 4 N–H and O–H groups in total. The quantitative estimate of drug-likeness (QED) is 0.547. The van der Waals surface area contributed by atoms with Crippen molar-refractivity contribution in [1.82, 2.24) is 4.90 Å². The number of nitrogens with zero attached hydrogens (tertiary/aromatic N) is 1. The average molecular weight is 215 g/mol. The minimum Gasteiger partial charge on any atom is -0.330 e. The Morgan fingerprint density at radius 1 is 1.00 bits per heavy atom. The highest BCUT2D eigenvalue weighted by atomic mass is 15.2. The third-order valence-corrected chi connectivity index (χ3v) is 2.77. The molecule has 15 heavy (non-hydrogen) atoms. The number of rotatable bonds is 10. The second kappa shape index (κ2) is 10.4. The Morgan fingerprint density at radius 2 is 1.53 bits per heavy atom. The zero-order chi connectivity index (χ0) is 11.5. The summed E-state index contributed by atoms with van der Waals surface area (Å²) in [6, 6.07) is 0. The van der Waals surface area contributed by atoms with Crippen LogP contribution in [0.1, 0.15) is 52.4 Å². The molecule has 0 amide bonds. The van der Waals surface area contributed by atoms with Crippen molar-refractivity contribution in [3.05, 3.63) is 0 Å². The zero-order valence-corrected chi connectivity index (χ0v) is 10.5. The van der Waals surface area contributed by atoms with Gasteiger partial charge in [-0.1, -0.05) is 26.7 Å². The van der Waals surface area contributed by atoms with Crippen LogP contribution in [0.2, 0.25) is 0 Å². The van der Waals surface area contributed by atoms with Gasteiger partial charge in [0.1, 0.15) is 0 Å². The Balaban J connectivity index is 3.84. The number of hydrogen-bond donors (Lipinski definition) is 2. The van der Waals surface area contributed by atoms with E-state index in [-0.39, 0.29) is 6.17 Å². The van der Waals surface area contributed by atoms with Crippen LogP contribution in [0.15, 0.2) is 0 Å². The predicted molar refractivity (Wildman–Crippen MR) is 67.7 cm³/mol. The zero-order valence-electron chi connectivity index (χ0n) is 10.5. The molecule has 3 heteroatoms. The Labute approximate surface area is 95.2 Å². The maximum Gasteiger partial charge on any atom is 0.0572 e. The number of hydrogen-bond acceptors (Lipinski definition) is 3. The lowest BCUT2D eigenvalue weighted by Crippen LogP contribution is -2.43. The molecule has 0 radical (unpaired) electrons. The Kier molecular flexibility index (Phi) is 10.3. The van der Waals surface area contributed by atoms with E-state index in [9.17, 15) is 0 Å². The molecule has 1 atom stereocenters. The molecule has 0 heterocycles. The summed E-state index contributed by atoms with van der Waals surface area (Å²) in [5.74, 6) is 0. The molecule has 0 aliphatic heterocycles. The molecule has 0 aliphatic rings. The highest BCUT2D eigenvalue weighted by molar-refractivity contribution is 4.66. The van der Waals surface area contributed by atoms with E-state index < -0.39 is 0 Å². The molecule has 0 rings (SSSR count). The van der Waals surface area contributed by atoms with Gasteiger partial charge in [0, 0.05) is 0 Å². The largest absolute Gasteiger partial charge is 0.330 e. The van der Waals surface area contributed by atoms with Crippen molar-refractivity contribution in [2.24, 2.45) is 11.5 Å². The van der Waals surface area contributed by atoms with Crippen LogP contribution in [0.5, 0.6) is 0 Å².